The van der Waals surface area contributed by atoms with Crippen molar-refractivity contribution in [3.05, 3.63) is 77.1 Å². The fourth-order valence-electron chi connectivity index (χ4n) is 4.23. The lowest BCUT2D eigenvalue weighted by atomic mass is 9.96. The summed E-state index contributed by atoms with van der Waals surface area (Å²) in [7, 11) is 3.74. The summed E-state index contributed by atoms with van der Waals surface area (Å²) >= 11 is 0. The van der Waals surface area contributed by atoms with Crippen molar-refractivity contribution in [2.24, 2.45) is 0 Å². The van der Waals surface area contributed by atoms with Gasteiger partial charge in [-0.1, -0.05) is 24.3 Å². The summed E-state index contributed by atoms with van der Waals surface area (Å²) in [6, 6.07) is 13.0. The molecule has 1 aliphatic heterocycles. The molecule has 1 unspecified atom stereocenters. The van der Waals surface area contributed by atoms with Crippen LogP contribution in [0.2, 0.25) is 0 Å². The fraction of sp³-hybridized carbons (Fsp3) is 0.375. The third-order valence-electron chi connectivity index (χ3n) is 6.07. The number of nitrogens with two attached hydrogens (primary N) is 1. The highest BCUT2D eigenvalue weighted by atomic mass is 19.1. The predicted octanol–water partition coefficient (Wildman–Crippen LogP) is 3.27. The number of benzene rings is 2. The minimum atomic E-state index is -0.274. The maximum atomic E-state index is 13.6. The Morgan fingerprint density at radius 2 is 1.27 bits per heavy atom. The number of rotatable bonds is 6. The van der Waals surface area contributed by atoms with Crippen molar-refractivity contribution in [1.29, 1.82) is 0 Å². The van der Waals surface area contributed by atoms with E-state index in [0.29, 0.717) is 11.8 Å². The van der Waals surface area contributed by atoms with Crippen LogP contribution in [0.5, 0.6) is 0 Å². The highest BCUT2D eigenvalue weighted by Gasteiger charge is 2.30. The van der Waals surface area contributed by atoms with E-state index in [-0.39, 0.29) is 29.7 Å². The van der Waals surface area contributed by atoms with Crippen LogP contribution in [0, 0.1) is 11.6 Å². The van der Waals surface area contributed by atoms with Gasteiger partial charge in [0.1, 0.15) is 11.6 Å². The van der Waals surface area contributed by atoms with Gasteiger partial charge in [0.25, 0.3) is 0 Å². The molecule has 2 heterocycles. The van der Waals surface area contributed by atoms with Crippen LogP contribution in [0.1, 0.15) is 36.0 Å². The van der Waals surface area contributed by atoms with Gasteiger partial charge in [-0.3, -0.25) is 9.80 Å². The Balaban J connectivity index is 1.53. The first kappa shape index (κ1) is 23.0. The second-order valence-electron chi connectivity index (χ2n) is 8.50. The molecule has 1 aromatic heterocycles. The average Bonchev–Trinajstić information content (AvgIpc) is 2.81. The zero-order valence-corrected chi connectivity index (χ0v) is 19.1. The van der Waals surface area contributed by atoms with Crippen LogP contribution < -0.4 is 10.6 Å². The lowest BCUT2D eigenvalue weighted by Crippen LogP contribution is -2.48. The Labute approximate surface area is 192 Å². The monoisotopic (exact) mass is 453 g/mol. The molecule has 1 atom stereocenters. The van der Waals surface area contributed by atoms with Crippen molar-refractivity contribution in [1.82, 2.24) is 24.8 Å². The lowest BCUT2D eigenvalue weighted by molar-refractivity contribution is 0.0812. The summed E-state index contributed by atoms with van der Waals surface area (Å²) in [5.74, 6) is 0.846. The van der Waals surface area contributed by atoms with Crippen LogP contribution >= 0.6 is 0 Å². The summed E-state index contributed by atoms with van der Waals surface area (Å²) in [6.45, 7) is 5.23. The quantitative estimate of drug-likeness (QED) is 0.614. The normalized spacial score (nSPS) is 16.2. The highest BCUT2D eigenvalue weighted by molar-refractivity contribution is 5.34. The standard InChI is InChI=1S/C24H29F2N7/c1-16(22-28-23(27)30-24(29-22)31(2)3)32-12-14-33(15-13-32)21(17-4-8-19(25)9-5-17)18-6-10-20(26)11-7-18/h4-11,16,21H,12-15H2,1-3H3,(H2,27,28,29,30). The van der Waals surface area contributed by atoms with E-state index in [1.54, 1.807) is 24.3 Å². The zero-order valence-electron chi connectivity index (χ0n) is 19.1. The molecule has 2 N–H and O–H groups in total. The van der Waals surface area contributed by atoms with E-state index in [2.05, 4.69) is 31.7 Å². The molecule has 0 amide bonds. The van der Waals surface area contributed by atoms with E-state index in [0.717, 1.165) is 37.3 Å². The molecule has 33 heavy (non-hydrogen) atoms. The zero-order chi connectivity index (χ0) is 23.5. The predicted molar refractivity (Wildman–Crippen MR) is 125 cm³/mol. The number of hydrogen-bond donors (Lipinski definition) is 1. The molecule has 0 spiro atoms. The van der Waals surface area contributed by atoms with Crippen LogP contribution in [0.25, 0.3) is 0 Å². The van der Waals surface area contributed by atoms with Crippen LogP contribution in [0.4, 0.5) is 20.7 Å². The van der Waals surface area contributed by atoms with E-state index in [1.807, 2.05) is 19.0 Å². The Kier molecular flexibility index (Phi) is 6.80. The summed E-state index contributed by atoms with van der Waals surface area (Å²) in [4.78, 5) is 19.6. The van der Waals surface area contributed by atoms with Gasteiger partial charge in [-0.2, -0.15) is 15.0 Å². The Hall–Kier alpha value is -3.17. The smallest absolute Gasteiger partial charge is 0.229 e. The molecule has 0 bridgehead atoms. The first-order chi connectivity index (χ1) is 15.8. The molecule has 1 saturated heterocycles. The van der Waals surface area contributed by atoms with Crippen molar-refractivity contribution in [2.75, 3.05) is 50.9 Å². The van der Waals surface area contributed by atoms with Crippen LogP contribution in [-0.4, -0.2) is 65.0 Å². The van der Waals surface area contributed by atoms with Gasteiger partial charge in [0.05, 0.1) is 12.1 Å². The summed E-state index contributed by atoms with van der Waals surface area (Å²) in [5.41, 5.74) is 7.86. The third-order valence-corrected chi connectivity index (χ3v) is 6.07. The maximum absolute atomic E-state index is 13.6. The maximum Gasteiger partial charge on any atom is 0.229 e. The van der Waals surface area contributed by atoms with E-state index in [1.165, 1.54) is 24.3 Å². The molecule has 1 aliphatic rings. The van der Waals surface area contributed by atoms with Gasteiger partial charge in [0.15, 0.2) is 5.82 Å². The summed E-state index contributed by atoms with van der Waals surface area (Å²) in [6.07, 6.45) is 0. The molecule has 0 saturated carbocycles. The Morgan fingerprint density at radius 1 is 0.788 bits per heavy atom. The third kappa shape index (κ3) is 5.26. The molecule has 0 aliphatic carbocycles. The summed E-state index contributed by atoms with van der Waals surface area (Å²) in [5, 5.41) is 0. The SMILES string of the molecule is CC(c1nc(N)nc(N(C)C)n1)N1CCN(C(c2ccc(F)cc2)c2ccc(F)cc2)CC1. The molecule has 0 radical (unpaired) electrons. The van der Waals surface area contributed by atoms with Gasteiger partial charge in [0.2, 0.25) is 11.9 Å². The number of piperazine rings is 1. The first-order valence-corrected chi connectivity index (χ1v) is 11.0. The van der Waals surface area contributed by atoms with Gasteiger partial charge in [-0.05, 0) is 42.3 Å². The molecular formula is C24H29F2N7. The van der Waals surface area contributed by atoms with E-state index >= 15 is 0 Å². The van der Waals surface area contributed by atoms with Crippen molar-refractivity contribution >= 4 is 11.9 Å². The van der Waals surface area contributed by atoms with Gasteiger partial charge in [0, 0.05) is 40.3 Å². The van der Waals surface area contributed by atoms with Crippen LogP contribution in [0.3, 0.4) is 0 Å². The molecule has 7 nitrogen and oxygen atoms in total. The average molecular weight is 454 g/mol. The first-order valence-electron chi connectivity index (χ1n) is 11.0. The van der Waals surface area contributed by atoms with Crippen molar-refractivity contribution in [3.63, 3.8) is 0 Å². The van der Waals surface area contributed by atoms with Gasteiger partial charge in [-0.15, -0.1) is 0 Å². The van der Waals surface area contributed by atoms with Gasteiger partial charge >= 0.3 is 0 Å². The van der Waals surface area contributed by atoms with Gasteiger partial charge in [-0.25, -0.2) is 8.78 Å². The molecule has 1 fully saturated rings. The highest BCUT2D eigenvalue weighted by Crippen LogP contribution is 2.31. The van der Waals surface area contributed by atoms with Gasteiger partial charge < -0.3 is 10.6 Å². The number of anilines is 2. The molecule has 4 rings (SSSR count). The second kappa shape index (κ2) is 9.76. The Bertz CT molecular complexity index is 1020. The van der Waals surface area contributed by atoms with Crippen molar-refractivity contribution < 1.29 is 8.78 Å². The largest absolute Gasteiger partial charge is 0.368 e. The number of nitrogens with zero attached hydrogens (tertiary/aromatic N) is 6. The molecular weight excluding hydrogens is 424 g/mol. The number of hydrogen-bond acceptors (Lipinski definition) is 7. The van der Waals surface area contributed by atoms with E-state index in [4.69, 9.17) is 5.73 Å². The lowest BCUT2D eigenvalue weighted by Gasteiger charge is -2.41. The Morgan fingerprint density at radius 3 is 1.76 bits per heavy atom. The summed E-state index contributed by atoms with van der Waals surface area (Å²) < 4.78 is 27.1. The molecule has 3 aromatic rings. The minimum absolute atomic E-state index is 0.0220. The van der Waals surface area contributed by atoms with Crippen molar-refractivity contribution in [3.8, 4) is 0 Å². The minimum Gasteiger partial charge on any atom is -0.368 e. The number of aromatic nitrogens is 3. The van der Waals surface area contributed by atoms with Crippen molar-refractivity contribution in [2.45, 2.75) is 19.0 Å². The second-order valence-corrected chi connectivity index (χ2v) is 8.50. The number of nitrogen functional groups attached to an aromatic ring is 1. The molecule has 2 aromatic carbocycles. The van der Waals surface area contributed by atoms with E-state index < -0.39 is 0 Å². The van der Waals surface area contributed by atoms with Crippen LogP contribution in [0.15, 0.2) is 48.5 Å². The van der Waals surface area contributed by atoms with Crippen LogP contribution in [-0.2, 0) is 0 Å². The number of halogens is 2. The molecule has 174 valence electrons. The fourth-order valence-corrected chi connectivity index (χ4v) is 4.23. The topological polar surface area (TPSA) is 74.4 Å². The van der Waals surface area contributed by atoms with E-state index in [9.17, 15) is 8.78 Å². The molecule has 9 heteroatoms.